The quantitative estimate of drug-likeness (QED) is 0.400. The fourth-order valence-electron chi connectivity index (χ4n) is 0.246. The van der Waals surface area contributed by atoms with Crippen LogP contribution >= 0.6 is 11.8 Å². The predicted molar refractivity (Wildman–Crippen MR) is 26.5 cm³/mol. The topological polar surface area (TPSA) is 0 Å². The molecule has 1 fully saturated rings. The minimum atomic E-state index is 1.21. The van der Waals surface area contributed by atoms with Gasteiger partial charge in [-0.05, 0) is 0 Å². The molecule has 0 nitrogen and oxygen atoms in total. The van der Waals surface area contributed by atoms with Crippen LogP contribution in [0.5, 0.6) is 0 Å². The molecule has 0 bridgehead atoms. The molecule has 0 aromatic carbocycles. The van der Waals surface area contributed by atoms with E-state index in [-0.39, 0.29) is 0 Å². The Hall–Kier alpha value is 0.0900. The Labute approximate surface area is 36.3 Å². The maximum atomic E-state index is 3.74. The third kappa shape index (κ3) is 0.482. The molecule has 0 aromatic rings. The fraction of sp³-hybridized carbons (Fsp3) is 0.500. The summed E-state index contributed by atoms with van der Waals surface area (Å²) in [6, 6.07) is 0. The fourth-order valence-corrected chi connectivity index (χ4v) is 0.739. The smallest absolute Gasteiger partial charge is 0.0152 e. The van der Waals surface area contributed by atoms with Crippen LogP contribution in [0.3, 0.4) is 0 Å². The summed E-state index contributed by atoms with van der Waals surface area (Å²) in [6.45, 7) is 3.74. The lowest BCUT2D eigenvalue weighted by Crippen LogP contribution is -2.00. The lowest BCUT2D eigenvalue weighted by Gasteiger charge is -2.11. The molecule has 0 aliphatic carbocycles. The zero-order valence-corrected chi connectivity index (χ0v) is 3.85. The molecule has 5 heavy (non-hydrogen) atoms. The molecule has 1 aliphatic rings. The van der Waals surface area contributed by atoms with Gasteiger partial charge in [-0.1, -0.05) is 12.2 Å². The Morgan fingerprint density at radius 2 is 2.00 bits per heavy atom. The van der Waals surface area contributed by atoms with Crippen LogP contribution in [0.2, 0.25) is 0 Å². The predicted octanol–water partition coefficient (Wildman–Crippen LogP) is 1.29. The average molecular weight is 86.2 g/mol. The van der Waals surface area contributed by atoms with E-state index >= 15 is 0 Å². The molecule has 0 N–H and O–H groups in total. The van der Waals surface area contributed by atoms with Gasteiger partial charge >= 0.3 is 0 Å². The molecule has 0 atom stereocenters. The Bertz CT molecular complexity index is 50.7. The van der Waals surface area contributed by atoms with E-state index in [9.17, 15) is 0 Å². The van der Waals surface area contributed by atoms with Crippen molar-refractivity contribution in [3.05, 3.63) is 12.2 Å². The molecule has 0 amide bonds. The summed E-state index contributed by atoms with van der Waals surface area (Å²) in [6.07, 6.45) is 0. The third-order valence-corrected chi connectivity index (χ3v) is 1.84. The second-order valence-corrected chi connectivity index (χ2v) is 2.23. The summed E-state index contributed by atoms with van der Waals surface area (Å²) in [5.74, 6) is 2.42. The van der Waals surface area contributed by atoms with E-state index in [1.54, 1.807) is 0 Å². The van der Waals surface area contributed by atoms with Gasteiger partial charge in [0.25, 0.3) is 0 Å². The standard InChI is InChI=1S/C4H6S/c1-4-2-5-3-4/h1-3H2. The zero-order chi connectivity index (χ0) is 3.70. The van der Waals surface area contributed by atoms with Gasteiger partial charge in [-0.3, -0.25) is 0 Å². The summed E-state index contributed by atoms with van der Waals surface area (Å²) >= 11 is 1.95. The largest absolute Gasteiger partial charge is 0.153 e. The Balaban J connectivity index is 2.32. The molecule has 1 aliphatic heterocycles. The van der Waals surface area contributed by atoms with E-state index in [0.717, 1.165) is 0 Å². The van der Waals surface area contributed by atoms with Gasteiger partial charge in [0, 0.05) is 11.5 Å². The lowest BCUT2D eigenvalue weighted by molar-refractivity contribution is 1.38. The molecule has 0 radical (unpaired) electrons. The first-order valence-electron chi connectivity index (χ1n) is 1.64. The van der Waals surface area contributed by atoms with Crippen molar-refractivity contribution >= 4 is 11.8 Å². The molecule has 1 heteroatoms. The van der Waals surface area contributed by atoms with Crippen molar-refractivity contribution in [3.8, 4) is 0 Å². The van der Waals surface area contributed by atoms with E-state index in [1.165, 1.54) is 17.1 Å². The molecule has 1 heterocycles. The minimum Gasteiger partial charge on any atom is -0.153 e. The highest BCUT2D eigenvalue weighted by Gasteiger charge is 2.02. The van der Waals surface area contributed by atoms with Crippen LogP contribution in [0.25, 0.3) is 0 Å². The first kappa shape index (κ1) is 3.29. The first-order chi connectivity index (χ1) is 2.39. The summed E-state index contributed by atoms with van der Waals surface area (Å²) < 4.78 is 0. The summed E-state index contributed by atoms with van der Waals surface area (Å²) in [7, 11) is 0. The van der Waals surface area contributed by atoms with Gasteiger partial charge in [-0.25, -0.2) is 0 Å². The average Bonchev–Trinajstić information content (AvgIpc) is 1.30. The van der Waals surface area contributed by atoms with E-state index in [2.05, 4.69) is 6.58 Å². The highest BCUT2D eigenvalue weighted by atomic mass is 32.2. The number of thioether (sulfide) groups is 1. The molecule has 1 saturated heterocycles. The Morgan fingerprint density at radius 1 is 1.60 bits per heavy atom. The van der Waals surface area contributed by atoms with Crippen molar-refractivity contribution in [2.24, 2.45) is 0 Å². The summed E-state index contributed by atoms with van der Waals surface area (Å²) in [4.78, 5) is 0. The van der Waals surface area contributed by atoms with Gasteiger partial charge in [0.1, 0.15) is 0 Å². The van der Waals surface area contributed by atoms with Crippen molar-refractivity contribution in [1.29, 1.82) is 0 Å². The second kappa shape index (κ2) is 1.05. The molecule has 28 valence electrons. The van der Waals surface area contributed by atoms with Crippen LogP contribution < -0.4 is 0 Å². The van der Waals surface area contributed by atoms with E-state index in [1.807, 2.05) is 11.8 Å². The number of rotatable bonds is 0. The van der Waals surface area contributed by atoms with Gasteiger partial charge in [0.05, 0.1) is 0 Å². The van der Waals surface area contributed by atoms with Crippen LogP contribution in [-0.4, -0.2) is 11.5 Å². The highest BCUT2D eigenvalue weighted by Crippen LogP contribution is 2.20. The van der Waals surface area contributed by atoms with Gasteiger partial charge in [-0.2, -0.15) is 11.8 Å². The van der Waals surface area contributed by atoms with Gasteiger partial charge < -0.3 is 0 Å². The van der Waals surface area contributed by atoms with Crippen molar-refractivity contribution < 1.29 is 0 Å². The van der Waals surface area contributed by atoms with Crippen molar-refractivity contribution in [3.63, 3.8) is 0 Å². The molecule has 0 saturated carbocycles. The van der Waals surface area contributed by atoms with E-state index in [0.29, 0.717) is 0 Å². The monoisotopic (exact) mass is 86.0 g/mol. The van der Waals surface area contributed by atoms with Crippen LogP contribution in [-0.2, 0) is 0 Å². The normalized spacial score (nSPS) is 22.0. The SMILES string of the molecule is C=C1CSC1. The van der Waals surface area contributed by atoms with Gasteiger partial charge in [-0.15, -0.1) is 0 Å². The number of hydrogen-bond donors (Lipinski definition) is 0. The van der Waals surface area contributed by atoms with E-state index < -0.39 is 0 Å². The van der Waals surface area contributed by atoms with Crippen molar-refractivity contribution in [1.82, 2.24) is 0 Å². The molecule has 1 rings (SSSR count). The maximum absolute atomic E-state index is 3.74. The molecule has 0 spiro atoms. The van der Waals surface area contributed by atoms with Crippen LogP contribution in [0.4, 0.5) is 0 Å². The van der Waals surface area contributed by atoms with E-state index in [4.69, 9.17) is 0 Å². The minimum absolute atomic E-state index is 1.21. The molecular formula is C4H6S. The Kier molecular flexibility index (Phi) is 0.692. The van der Waals surface area contributed by atoms with Crippen LogP contribution in [0.1, 0.15) is 0 Å². The molecular weight excluding hydrogens is 80.1 g/mol. The second-order valence-electron chi connectivity index (χ2n) is 1.24. The van der Waals surface area contributed by atoms with Crippen molar-refractivity contribution in [2.75, 3.05) is 11.5 Å². The highest BCUT2D eigenvalue weighted by molar-refractivity contribution is 8.01. The Morgan fingerprint density at radius 3 is 2.00 bits per heavy atom. The summed E-state index contributed by atoms with van der Waals surface area (Å²) in [5.41, 5.74) is 1.40. The summed E-state index contributed by atoms with van der Waals surface area (Å²) in [5, 5.41) is 0. The number of hydrogen-bond acceptors (Lipinski definition) is 1. The van der Waals surface area contributed by atoms with Crippen LogP contribution in [0.15, 0.2) is 12.2 Å². The third-order valence-electron chi connectivity index (χ3n) is 0.612. The zero-order valence-electron chi connectivity index (χ0n) is 3.03. The van der Waals surface area contributed by atoms with Gasteiger partial charge in [0.2, 0.25) is 0 Å². The maximum Gasteiger partial charge on any atom is 0.0152 e. The molecule has 0 aromatic heterocycles. The van der Waals surface area contributed by atoms with Gasteiger partial charge in [0.15, 0.2) is 0 Å². The lowest BCUT2D eigenvalue weighted by atomic mass is 10.4. The van der Waals surface area contributed by atoms with Crippen LogP contribution in [0, 0.1) is 0 Å². The molecule has 0 unspecified atom stereocenters. The van der Waals surface area contributed by atoms with Crippen molar-refractivity contribution in [2.45, 2.75) is 0 Å². The first-order valence-corrected chi connectivity index (χ1v) is 2.79.